The maximum atomic E-state index is 12.1. The van der Waals surface area contributed by atoms with Crippen LogP contribution < -0.4 is 27.9 Å². The van der Waals surface area contributed by atoms with Crippen LogP contribution in [0.2, 0.25) is 0 Å². The molecule has 0 bridgehead atoms. The van der Waals surface area contributed by atoms with E-state index >= 15 is 0 Å². The summed E-state index contributed by atoms with van der Waals surface area (Å²) in [5.74, 6) is 0. The molecule has 0 aliphatic rings. The highest BCUT2D eigenvalue weighted by Crippen LogP contribution is 2.22. The fraction of sp³-hybridized carbons (Fsp3) is 0.381. The van der Waals surface area contributed by atoms with Crippen LogP contribution in [0, 0.1) is 13.8 Å². The average molecular weight is 375 g/mol. The van der Waals surface area contributed by atoms with E-state index in [1.54, 1.807) is 0 Å². The first kappa shape index (κ1) is 21.8. The molecule has 5 heteroatoms. The summed E-state index contributed by atoms with van der Waals surface area (Å²) in [6, 6.07) is 14.3. The van der Waals surface area contributed by atoms with Crippen molar-refractivity contribution in [2.45, 2.75) is 34.1 Å². The number of rotatable bonds is 7. The van der Waals surface area contributed by atoms with E-state index in [1.165, 1.54) is 16.8 Å². The molecule has 0 atom stereocenters. The Morgan fingerprint density at radius 1 is 1.00 bits per heavy atom. The van der Waals surface area contributed by atoms with Gasteiger partial charge in [0.05, 0.1) is 0 Å². The number of carbonyl (C=O) groups is 1. The molecule has 2 aromatic rings. The zero-order chi connectivity index (χ0) is 18.2. The van der Waals surface area contributed by atoms with Gasteiger partial charge in [0.2, 0.25) is 0 Å². The van der Waals surface area contributed by atoms with Crippen molar-refractivity contribution < 1.29 is 17.2 Å². The smallest absolute Gasteiger partial charge is 0.319 e. The third kappa shape index (κ3) is 5.95. The molecule has 0 saturated heterocycles. The Hall–Kier alpha value is -2.20. The van der Waals surface area contributed by atoms with Crippen molar-refractivity contribution in [3.63, 3.8) is 0 Å². The van der Waals surface area contributed by atoms with E-state index in [1.807, 2.05) is 25.1 Å². The number of hydrogen-bond acceptors (Lipinski definition) is 2. The fourth-order valence-electron chi connectivity index (χ4n) is 2.94. The average Bonchev–Trinajstić information content (AvgIpc) is 2.60. The lowest BCUT2D eigenvalue weighted by Gasteiger charge is -2.22. The second-order valence-corrected chi connectivity index (χ2v) is 6.23. The predicted molar refractivity (Wildman–Crippen MR) is 107 cm³/mol. The van der Waals surface area contributed by atoms with Crippen LogP contribution in [0.1, 0.15) is 30.5 Å². The molecular weight excluding hydrogens is 346 g/mol. The van der Waals surface area contributed by atoms with Gasteiger partial charge in [0.1, 0.15) is 0 Å². The van der Waals surface area contributed by atoms with Crippen LogP contribution in [0.5, 0.6) is 0 Å². The normalized spacial score (nSPS) is 10.0. The quantitative estimate of drug-likeness (QED) is 0.771. The summed E-state index contributed by atoms with van der Waals surface area (Å²) in [6.45, 7) is 11.0. The Labute approximate surface area is 163 Å². The number of benzene rings is 2. The molecule has 0 heterocycles. The van der Waals surface area contributed by atoms with Gasteiger partial charge in [0.15, 0.2) is 0 Å². The number of anilines is 2. The van der Waals surface area contributed by atoms with Crippen molar-refractivity contribution >= 4 is 17.4 Å². The minimum Gasteiger partial charge on any atom is -1.00 e. The zero-order valence-electron chi connectivity index (χ0n) is 16.1. The molecule has 4 nitrogen and oxygen atoms in total. The van der Waals surface area contributed by atoms with Crippen molar-refractivity contribution in [1.29, 1.82) is 0 Å². The molecule has 2 N–H and O–H groups in total. The van der Waals surface area contributed by atoms with Gasteiger partial charge in [-0.05, 0) is 69.0 Å². The van der Waals surface area contributed by atoms with E-state index < -0.39 is 0 Å². The van der Waals surface area contributed by atoms with E-state index in [9.17, 15) is 4.79 Å². The maximum absolute atomic E-state index is 12.1. The highest BCUT2D eigenvalue weighted by atomic mass is 35.5. The summed E-state index contributed by atoms with van der Waals surface area (Å²) >= 11 is 0. The molecule has 26 heavy (non-hydrogen) atoms. The van der Waals surface area contributed by atoms with Crippen molar-refractivity contribution in [3.8, 4) is 0 Å². The molecule has 0 unspecified atom stereocenters. The lowest BCUT2D eigenvalue weighted by atomic mass is 10.1. The second-order valence-electron chi connectivity index (χ2n) is 6.23. The van der Waals surface area contributed by atoms with E-state index in [4.69, 9.17) is 0 Å². The third-order valence-electron chi connectivity index (χ3n) is 4.53. The molecule has 142 valence electrons. The second kappa shape index (κ2) is 10.7. The summed E-state index contributed by atoms with van der Waals surface area (Å²) in [6.07, 6.45) is 0.833. The minimum absolute atomic E-state index is 0. The van der Waals surface area contributed by atoms with Crippen molar-refractivity contribution in [1.82, 2.24) is 5.32 Å². The summed E-state index contributed by atoms with van der Waals surface area (Å²) in [4.78, 5) is 14.4. The summed E-state index contributed by atoms with van der Waals surface area (Å²) in [5.41, 5.74) is 5.63. The van der Waals surface area contributed by atoms with E-state index in [2.05, 4.69) is 60.6 Å². The van der Waals surface area contributed by atoms with Gasteiger partial charge in [-0.2, -0.15) is 0 Å². The third-order valence-corrected chi connectivity index (χ3v) is 4.53. The number of urea groups is 1. The first-order valence-electron chi connectivity index (χ1n) is 9.00. The molecule has 2 rings (SSSR count). The van der Waals surface area contributed by atoms with Crippen LogP contribution >= 0.6 is 0 Å². The number of hydrogen-bond donors (Lipinski definition) is 2. The molecule has 0 aromatic heterocycles. The van der Waals surface area contributed by atoms with Gasteiger partial charge in [-0.1, -0.05) is 24.3 Å². The zero-order valence-corrected chi connectivity index (χ0v) is 16.9. The largest absolute Gasteiger partial charge is 1.00 e. The number of nitrogens with zero attached hydrogens (tertiary/aromatic N) is 1. The van der Waals surface area contributed by atoms with E-state index in [-0.39, 0.29) is 18.4 Å². The number of amides is 2. The Kier molecular flexibility index (Phi) is 9.00. The van der Waals surface area contributed by atoms with E-state index in [0.29, 0.717) is 6.54 Å². The van der Waals surface area contributed by atoms with Gasteiger partial charge < -0.3 is 27.9 Å². The monoisotopic (exact) mass is 374 g/mol. The molecule has 2 aromatic carbocycles. The Bertz CT molecular complexity index is 714. The highest BCUT2D eigenvalue weighted by Gasteiger charge is 2.08. The van der Waals surface area contributed by atoms with Crippen molar-refractivity contribution in [2.24, 2.45) is 0 Å². The fourth-order valence-corrected chi connectivity index (χ4v) is 2.94. The van der Waals surface area contributed by atoms with Crippen LogP contribution in [-0.4, -0.2) is 25.7 Å². The lowest BCUT2D eigenvalue weighted by molar-refractivity contribution is -0.00000847. The molecule has 2 amide bonds. The first-order valence-corrected chi connectivity index (χ1v) is 9.00. The molecule has 0 radical (unpaired) electrons. The molecular formula is C21H29ClN3O-. The number of aryl methyl sites for hydroxylation is 2. The number of nitrogens with one attached hydrogen (secondary N) is 2. The minimum atomic E-state index is -0.160. The molecule has 0 saturated carbocycles. The molecule has 0 fully saturated rings. The van der Waals surface area contributed by atoms with Crippen molar-refractivity contribution in [3.05, 3.63) is 59.2 Å². The van der Waals surface area contributed by atoms with Gasteiger partial charge >= 0.3 is 6.03 Å². The predicted octanol–water partition coefficient (Wildman–Crippen LogP) is 1.52. The highest BCUT2D eigenvalue weighted by molar-refractivity contribution is 5.90. The summed E-state index contributed by atoms with van der Waals surface area (Å²) < 4.78 is 0. The topological polar surface area (TPSA) is 44.4 Å². The van der Waals surface area contributed by atoms with Gasteiger partial charge in [-0.15, -0.1) is 0 Å². The summed E-state index contributed by atoms with van der Waals surface area (Å²) in [7, 11) is 0. The summed E-state index contributed by atoms with van der Waals surface area (Å²) in [5, 5.41) is 5.88. The molecule has 0 spiro atoms. The van der Waals surface area contributed by atoms with Gasteiger partial charge in [-0.3, -0.25) is 0 Å². The van der Waals surface area contributed by atoms with Gasteiger partial charge in [-0.25, -0.2) is 4.79 Å². The van der Waals surface area contributed by atoms with Crippen LogP contribution in [0.4, 0.5) is 16.2 Å². The van der Waals surface area contributed by atoms with Crippen LogP contribution in [0.15, 0.2) is 42.5 Å². The number of halogens is 1. The SMILES string of the molecule is CCN(CC)c1ccc(NC(=O)NCCc2ccccc2C)c(C)c1.[Cl-]. The molecule has 0 aliphatic heterocycles. The van der Waals surface area contributed by atoms with Gasteiger partial charge in [0, 0.05) is 31.0 Å². The van der Waals surface area contributed by atoms with Crippen LogP contribution in [0.25, 0.3) is 0 Å². The van der Waals surface area contributed by atoms with Crippen LogP contribution in [-0.2, 0) is 6.42 Å². The Balaban J connectivity index is 0.00000338. The van der Waals surface area contributed by atoms with Gasteiger partial charge in [0.25, 0.3) is 0 Å². The van der Waals surface area contributed by atoms with Crippen LogP contribution in [0.3, 0.4) is 0 Å². The number of carbonyl (C=O) groups excluding carboxylic acids is 1. The first-order chi connectivity index (χ1) is 12.0. The lowest BCUT2D eigenvalue weighted by Crippen LogP contribution is -3.00. The maximum Gasteiger partial charge on any atom is 0.319 e. The Morgan fingerprint density at radius 2 is 1.69 bits per heavy atom. The van der Waals surface area contributed by atoms with Crippen molar-refractivity contribution in [2.75, 3.05) is 29.9 Å². The molecule has 0 aliphatic carbocycles. The van der Waals surface area contributed by atoms with E-state index in [0.717, 1.165) is 30.8 Å². The Morgan fingerprint density at radius 3 is 2.31 bits per heavy atom. The standard InChI is InChI=1S/C21H29N3O.ClH/c1-5-24(6-2)19-11-12-20(17(4)15-19)23-21(25)22-14-13-18-10-8-7-9-16(18)3;/h7-12,15H,5-6,13-14H2,1-4H3,(H2,22,23,25);1H/p-1.